The summed E-state index contributed by atoms with van der Waals surface area (Å²) >= 11 is 0. The lowest BCUT2D eigenvalue weighted by molar-refractivity contribution is -0.149. The number of aromatic nitrogens is 2. The van der Waals surface area contributed by atoms with E-state index in [1.54, 1.807) is 56.1 Å². The van der Waals surface area contributed by atoms with Gasteiger partial charge in [0.25, 0.3) is 0 Å². The Balaban J connectivity index is 1.86. The number of carbonyl (C=O) groups excluding carboxylic acids is 1. The molecule has 1 unspecified atom stereocenters. The number of rotatable bonds is 8. The maximum atomic E-state index is 13.8. The molecular formula is C29H34N4O4. The van der Waals surface area contributed by atoms with Crippen LogP contribution in [0.15, 0.2) is 66.7 Å². The van der Waals surface area contributed by atoms with E-state index in [9.17, 15) is 14.7 Å². The highest BCUT2D eigenvalue weighted by molar-refractivity contribution is 5.82. The summed E-state index contributed by atoms with van der Waals surface area (Å²) in [6, 6.07) is 19.6. The first kappa shape index (κ1) is 26.1. The SMILES string of the molecule is Cc1cc(C)nc(OC(C(=O)O)C(NC(=O)N(C)C2CCCCC2)(c2ccccc2)c2ccccc2)n1. The van der Waals surface area contributed by atoms with Crippen molar-refractivity contribution in [2.24, 2.45) is 0 Å². The number of carboxylic acids is 1. The molecule has 1 heterocycles. The average molecular weight is 503 g/mol. The van der Waals surface area contributed by atoms with E-state index >= 15 is 0 Å². The molecule has 1 aliphatic rings. The van der Waals surface area contributed by atoms with E-state index in [4.69, 9.17) is 4.74 Å². The highest BCUT2D eigenvalue weighted by Gasteiger charge is 2.50. The maximum absolute atomic E-state index is 13.8. The molecule has 2 aromatic carbocycles. The Kier molecular flexibility index (Phi) is 8.06. The number of carboxylic acid groups (broad SMARTS) is 1. The summed E-state index contributed by atoms with van der Waals surface area (Å²) in [5.41, 5.74) is 0.872. The van der Waals surface area contributed by atoms with Gasteiger partial charge in [-0.05, 0) is 43.9 Å². The molecule has 1 aliphatic carbocycles. The van der Waals surface area contributed by atoms with Crippen molar-refractivity contribution >= 4 is 12.0 Å². The van der Waals surface area contributed by atoms with Crippen LogP contribution >= 0.6 is 0 Å². The first-order valence-electron chi connectivity index (χ1n) is 12.7. The van der Waals surface area contributed by atoms with Gasteiger partial charge in [0.15, 0.2) is 0 Å². The summed E-state index contributed by atoms with van der Waals surface area (Å²) in [5.74, 6) is -1.25. The zero-order chi connectivity index (χ0) is 26.4. The van der Waals surface area contributed by atoms with E-state index in [2.05, 4.69) is 15.3 Å². The Hall–Kier alpha value is -3.94. The highest BCUT2D eigenvalue weighted by atomic mass is 16.5. The standard InChI is InChI=1S/C29H34N4O4/c1-20-19-21(2)31-27(30-20)37-25(26(34)35)29(22-13-7-4-8-14-22,23-15-9-5-10-16-23)32-28(36)33(3)24-17-11-6-12-18-24/h4-5,7-10,13-16,19,24-25H,6,11-12,17-18H2,1-3H3,(H,32,36)(H,34,35). The van der Waals surface area contributed by atoms with Gasteiger partial charge in [-0.15, -0.1) is 0 Å². The van der Waals surface area contributed by atoms with E-state index in [0.717, 1.165) is 32.1 Å². The molecule has 0 radical (unpaired) electrons. The minimum Gasteiger partial charge on any atom is -0.478 e. The van der Waals surface area contributed by atoms with Gasteiger partial charge < -0.3 is 20.1 Å². The van der Waals surface area contributed by atoms with Crippen LogP contribution in [0.4, 0.5) is 4.79 Å². The third-order valence-corrected chi connectivity index (χ3v) is 7.01. The topological polar surface area (TPSA) is 105 Å². The normalized spacial score (nSPS) is 15.0. The second kappa shape index (κ2) is 11.4. The summed E-state index contributed by atoms with van der Waals surface area (Å²) in [6.45, 7) is 3.58. The van der Waals surface area contributed by atoms with Crippen molar-refractivity contribution in [1.82, 2.24) is 20.2 Å². The van der Waals surface area contributed by atoms with Gasteiger partial charge in [-0.1, -0.05) is 79.9 Å². The molecule has 1 aromatic heterocycles. The van der Waals surface area contributed by atoms with Crippen molar-refractivity contribution < 1.29 is 19.4 Å². The molecule has 194 valence electrons. The van der Waals surface area contributed by atoms with E-state index in [0.29, 0.717) is 22.5 Å². The van der Waals surface area contributed by atoms with Crippen LogP contribution < -0.4 is 10.1 Å². The number of amides is 2. The molecule has 1 atom stereocenters. The number of ether oxygens (including phenoxy) is 1. The minimum absolute atomic E-state index is 0.0592. The predicted molar refractivity (Wildman–Crippen MR) is 140 cm³/mol. The van der Waals surface area contributed by atoms with Gasteiger partial charge in [-0.25, -0.2) is 19.6 Å². The minimum atomic E-state index is -1.57. The lowest BCUT2D eigenvalue weighted by Crippen LogP contribution is -2.62. The Bertz CT molecular complexity index is 1150. The van der Waals surface area contributed by atoms with Crippen LogP contribution in [0.2, 0.25) is 0 Å². The van der Waals surface area contributed by atoms with Gasteiger partial charge >= 0.3 is 18.0 Å². The second-order valence-electron chi connectivity index (χ2n) is 9.64. The van der Waals surface area contributed by atoms with Crippen LogP contribution in [0.1, 0.15) is 54.6 Å². The molecule has 37 heavy (non-hydrogen) atoms. The van der Waals surface area contributed by atoms with Crippen molar-refractivity contribution in [1.29, 1.82) is 0 Å². The Morgan fingerprint density at radius 1 is 0.946 bits per heavy atom. The summed E-state index contributed by atoms with van der Waals surface area (Å²) in [7, 11) is 1.77. The molecule has 2 N–H and O–H groups in total. The van der Waals surface area contributed by atoms with Crippen LogP contribution in [0.5, 0.6) is 6.01 Å². The summed E-state index contributed by atoms with van der Waals surface area (Å²) in [6.07, 6.45) is 3.56. The molecule has 1 fully saturated rings. The summed E-state index contributed by atoms with van der Waals surface area (Å²) in [5, 5.41) is 13.7. The highest BCUT2D eigenvalue weighted by Crippen LogP contribution is 2.36. The molecule has 8 heteroatoms. The molecule has 1 saturated carbocycles. The zero-order valence-corrected chi connectivity index (χ0v) is 21.6. The molecule has 3 aromatic rings. The van der Waals surface area contributed by atoms with Gasteiger partial charge in [0.05, 0.1) is 0 Å². The number of aliphatic carboxylic acids is 1. The van der Waals surface area contributed by atoms with Gasteiger partial charge in [0.2, 0.25) is 6.10 Å². The van der Waals surface area contributed by atoms with E-state index in [1.165, 1.54) is 0 Å². The lowest BCUT2D eigenvalue weighted by Gasteiger charge is -2.42. The predicted octanol–water partition coefficient (Wildman–Crippen LogP) is 4.84. The number of hydrogen-bond acceptors (Lipinski definition) is 5. The quantitative estimate of drug-likeness (QED) is 0.457. The fourth-order valence-electron chi connectivity index (χ4n) is 5.15. The average Bonchev–Trinajstić information content (AvgIpc) is 2.91. The third-order valence-electron chi connectivity index (χ3n) is 7.01. The van der Waals surface area contributed by atoms with E-state index in [1.807, 2.05) is 36.4 Å². The van der Waals surface area contributed by atoms with Crippen molar-refractivity contribution in [2.45, 2.75) is 63.6 Å². The number of nitrogens with one attached hydrogen (secondary N) is 1. The van der Waals surface area contributed by atoms with Crippen LogP contribution in [-0.4, -0.2) is 51.2 Å². The molecular weight excluding hydrogens is 468 g/mol. The molecule has 0 saturated heterocycles. The van der Waals surface area contributed by atoms with Gasteiger partial charge in [-0.2, -0.15) is 0 Å². The number of urea groups is 1. The van der Waals surface area contributed by atoms with Crippen molar-refractivity contribution in [3.63, 3.8) is 0 Å². The van der Waals surface area contributed by atoms with Crippen LogP contribution in [-0.2, 0) is 10.3 Å². The van der Waals surface area contributed by atoms with Gasteiger partial charge in [0, 0.05) is 24.5 Å². The maximum Gasteiger partial charge on any atom is 0.348 e. The number of nitrogens with zero attached hydrogens (tertiary/aromatic N) is 3. The van der Waals surface area contributed by atoms with Gasteiger partial charge in [0.1, 0.15) is 5.54 Å². The fraction of sp³-hybridized carbons (Fsp3) is 0.379. The summed E-state index contributed by atoms with van der Waals surface area (Å²) in [4.78, 5) is 37.2. The van der Waals surface area contributed by atoms with Crippen molar-refractivity contribution in [2.75, 3.05) is 7.05 Å². The largest absolute Gasteiger partial charge is 0.478 e. The van der Waals surface area contributed by atoms with Crippen molar-refractivity contribution in [3.05, 3.63) is 89.2 Å². The molecule has 2 amide bonds. The van der Waals surface area contributed by atoms with Crippen LogP contribution in [0.3, 0.4) is 0 Å². The third kappa shape index (κ3) is 5.74. The second-order valence-corrected chi connectivity index (χ2v) is 9.64. The molecule has 0 spiro atoms. The molecule has 0 aliphatic heterocycles. The monoisotopic (exact) mass is 502 g/mol. The Morgan fingerprint density at radius 3 is 1.95 bits per heavy atom. The van der Waals surface area contributed by atoms with E-state index in [-0.39, 0.29) is 18.1 Å². The summed E-state index contributed by atoms with van der Waals surface area (Å²) < 4.78 is 6.08. The molecule has 4 rings (SSSR count). The first-order valence-corrected chi connectivity index (χ1v) is 12.7. The molecule has 8 nitrogen and oxygen atoms in total. The molecule has 0 bridgehead atoms. The number of aryl methyl sites for hydroxylation is 2. The zero-order valence-electron chi connectivity index (χ0n) is 21.6. The van der Waals surface area contributed by atoms with Crippen LogP contribution in [0.25, 0.3) is 0 Å². The van der Waals surface area contributed by atoms with E-state index < -0.39 is 17.6 Å². The number of benzene rings is 2. The number of hydrogen-bond donors (Lipinski definition) is 2. The first-order chi connectivity index (χ1) is 17.8. The lowest BCUT2D eigenvalue weighted by atomic mass is 9.77. The number of carbonyl (C=O) groups is 2. The Labute approximate surface area is 217 Å². The van der Waals surface area contributed by atoms with Gasteiger partial charge in [-0.3, -0.25) is 0 Å². The van der Waals surface area contributed by atoms with Crippen LogP contribution in [0, 0.1) is 13.8 Å². The Morgan fingerprint density at radius 2 is 1.46 bits per heavy atom. The smallest absolute Gasteiger partial charge is 0.348 e. The fourth-order valence-corrected chi connectivity index (χ4v) is 5.15. The van der Waals surface area contributed by atoms with Crippen molar-refractivity contribution in [3.8, 4) is 6.01 Å².